The summed E-state index contributed by atoms with van der Waals surface area (Å²) in [4.78, 5) is 14.2. The minimum atomic E-state index is -4.69. The van der Waals surface area contributed by atoms with Crippen LogP contribution in [0.3, 0.4) is 0 Å². The van der Waals surface area contributed by atoms with Crippen LogP contribution >= 0.6 is 0 Å². The van der Waals surface area contributed by atoms with E-state index in [1.807, 2.05) is 30.3 Å². The normalized spacial score (nSPS) is 25.1. The molecule has 1 N–H and O–H groups in total. The van der Waals surface area contributed by atoms with Gasteiger partial charge in [-0.15, -0.1) is 0 Å². The van der Waals surface area contributed by atoms with Gasteiger partial charge in [-0.3, -0.25) is 9.48 Å². The first-order chi connectivity index (χ1) is 13.3. The van der Waals surface area contributed by atoms with Crippen LogP contribution in [0.1, 0.15) is 35.4 Å². The third kappa shape index (κ3) is 3.34. The van der Waals surface area contributed by atoms with Crippen LogP contribution in [-0.4, -0.2) is 50.1 Å². The first kappa shape index (κ1) is 18.8. The van der Waals surface area contributed by atoms with E-state index in [0.29, 0.717) is 23.7 Å². The minimum absolute atomic E-state index is 0.125. The zero-order chi connectivity index (χ0) is 19.9. The van der Waals surface area contributed by atoms with Crippen LogP contribution in [-0.2, 0) is 13.2 Å². The van der Waals surface area contributed by atoms with E-state index < -0.39 is 24.2 Å². The average Bonchev–Trinajstić information content (AvgIpc) is 3.26. The Morgan fingerprint density at radius 3 is 2.68 bits per heavy atom. The van der Waals surface area contributed by atoms with E-state index in [2.05, 4.69) is 5.10 Å². The van der Waals surface area contributed by atoms with Crippen LogP contribution in [0.4, 0.5) is 13.2 Å². The minimum Gasteiger partial charge on any atom is -0.487 e. The fourth-order valence-corrected chi connectivity index (χ4v) is 3.88. The van der Waals surface area contributed by atoms with Gasteiger partial charge >= 0.3 is 6.18 Å². The Bertz CT molecular complexity index is 868. The number of hydrogen-bond donors (Lipinski definition) is 1. The summed E-state index contributed by atoms with van der Waals surface area (Å²) in [5.74, 6) is 0.319. The number of halogens is 3. The van der Waals surface area contributed by atoms with Crippen LogP contribution in [0.5, 0.6) is 5.75 Å². The van der Waals surface area contributed by atoms with E-state index in [1.165, 1.54) is 4.90 Å². The summed E-state index contributed by atoms with van der Waals surface area (Å²) in [7, 11) is 0. The number of carbonyl (C=O) groups is 1. The van der Waals surface area contributed by atoms with Crippen molar-refractivity contribution in [1.29, 1.82) is 0 Å². The largest absolute Gasteiger partial charge is 0.487 e. The van der Waals surface area contributed by atoms with Crippen molar-refractivity contribution in [2.75, 3.05) is 6.54 Å². The maximum Gasteiger partial charge on any atom is 0.417 e. The SMILES string of the molecule is O=C1c2cc(COc3ccccc3)nn2CCN1C1CC[C@](O)(C(F)(F)F)C1. The van der Waals surface area contributed by atoms with Gasteiger partial charge in [0.05, 0.1) is 6.54 Å². The molecule has 1 aliphatic carbocycles. The van der Waals surface area contributed by atoms with Crippen molar-refractivity contribution in [1.82, 2.24) is 14.7 Å². The maximum absolute atomic E-state index is 13.1. The number of hydrogen-bond acceptors (Lipinski definition) is 4. The Balaban J connectivity index is 1.45. The fraction of sp³-hybridized carbons (Fsp3) is 0.474. The number of fused-ring (bicyclic) bond motifs is 1. The number of carbonyl (C=O) groups excluding carboxylic acids is 1. The van der Waals surface area contributed by atoms with Crippen molar-refractivity contribution in [2.45, 2.75) is 50.2 Å². The molecule has 1 aromatic carbocycles. The van der Waals surface area contributed by atoms with E-state index >= 15 is 0 Å². The van der Waals surface area contributed by atoms with Gasteiger partial charge < -0.3 is 14.7 Å². The van der Waals surface area contributed by atoms with E-state index in [-0.39, 0.29) is 31.9 Å². The van der Waals surface area contributed by atoms with Gasteiger partial charge in [0.1, 0.15) is 23.7 Å². The molecule has 1 saturated carbocycles. The van der Waals surface area contributed by atoms with Crippen molar-refractivity contribution in [2.24, 2.45) is 0 Å². The third-order valence-corrected chi connectivity index (χ3v) is 5.43. The number of para-hydroxylation sites is 1. The first-order valence-electron chi connectivity index (χ1n) is 9.11. The summed E-state index contributed by atoms with van der Waals surface area (Å²) in [5.41, 5.74) is -1.81. The zero-order valence-corrected chi connectivity index (χ0v) is 15.0. The number of ether oxygens (including phenoxy) is 1. The van der Waals surface area contributed by atoms with Crippen LogP contribution in [0, 0.1) is 0 Å². The quantitative estimate of drug-likeness (QED) is 0.865. The lowest BCUT2D eigenvalue weighted by Crippen LogP contribution is -2.48. The van der Waals surface area contributed by atoms with Gasteiger partial charge in [-0.25, -0.2) is 0 Å². The maximum atomic E-state index is 13.1. The Kier molecular flexibility index (Phi) is 4.57. The molecular weight excluding hydrogens is 375 g/mol. The molecule has 0 spiro atoms. The second kappa shape index (κ2) is 6.80. The number of rotatable bonds is 4. The highest BCUT2D eigenvalue weighted by atomic mass is 19.4. The number of nitrogens with zero attached hydrogens (tertiary/aromatic N) is 3. The molecule has 28 heavy (non-hydrogen) atoms. The Hall–Kier alpha value is -2.55. The smallest absolute Gasteiger partial charge is 0.417 e. The molecule has 1 aromatic heterocycles. The molecule has 1 fully saturated rings. The molecule has 6 nitrogen and oxygen atoms in total. The van der Waals surface area contributed by atoms with Crippen LogP contribution in [0.2, 0.25) is 0 Å². The second-order valence-electron chi connectivity index (χ2n) is 7.27. The van der Waals surface area contributed by atoms with Crippen LogP contribution in [0.15, 0.2) is 36.4 Å². The van der Waals surface area contributed by atoms with Gasteiger partial charge in [-0.2, -0.15) is 18.3 Å². The van der Waals surface area contributed by atoms with Gasteiger partial charge in [0.15, 0.2) is 5.60 Å². The standard InChI is InChI=1S/C19H20F3N3O3/c20-19(21,22)18(27)7-6-14(11-18)24-8-9-25-16(17(24)26)10-13(23-25)12-28-15-4-2-1-3-5-15/h1-5,10,14,27H,6-9,11-12H2/t14?,18-/m1/s1. The Morgan fingerprint density at radius 2 is 2.00 bits per heavy atom. The lowest BCUT2D eigenvalue weighted by atomic mass is 10.0. The van der Waals surface area contributed by atoms with E-state index in [4.69, 9.17) is 4.74 Å². The summed E-state index contributed by atoms with van der Waals surface area (Å²) in [6.07, 6.45) is -5.44. The molecule has 0 radical (unpaired) electrons. The third-order valence-electron chi connectivity index (χ3n) is 5.43. The summed E-state index contributed by atoms with van der Waals surface area (Å²) in [6.45, 7) is 0.854. The van der Waals surface area contributed by atoms with E-state index in [1.54, 1.807) is 10.7 Å². The number of alkyl halides is 3. The van der Waals surface area contributed by atoms with Gasteiger partial charge in [0.2, 0.25) is 0 Å². The Morgan fingerprint density at radius 1 is 1.25 bits per heavy atom. The van der Waals surface area contributed by atoms with Crippen molar-refractivity contribution >= 4 is 5.91 Å². The molecule has 2 aliphatic rings. The highest BCUT2D eigenvalue weighted by Gasteiger charge is 2.58. The number of benzene rings is 1. The molecule has 1 aliphatic heterocycles. The van der Waals surface area contributed by atoms with Gasteiger partial charge in [-0.05, 0) is 31.0 Å². The molecule has 1 unspecified atom stereocenters. The summed E-state index contributed by atoms with van der Waals surface area (Å²) < 4.78 is 46.4. The number of amides is 1. The molecule has 9 heteroatoms. The van der Waals surface area contributed by atoms with Crippen molar-refractivity contribution in [3.05, 3.63) is 47.8 Å². The molecule has 0 bridgehead atoms. The second-order valence-corrected chi connectivity index (χ2v) is 7.27. The van der Waals surface area contributed by atoms with Gasteiger partial charge in [-0.1, -0.05) is 18.2 Å². The van der Waals surface area contributed by atoms with Crippen LogP contribution in [0.25, 0.3) is 0 Å². The molecular formula is C19H20F3N3O3. The predicted octanol–water partition coefficient (Wildman–Crippen LogP) is 2.76. The highest BCUT2D eigenvalue weighted by molar-refractivity contribution is 5.93. The fourth-order valence-electron chi connectivity index (χ4n) is 3.88. The average molecular weight is 395 g/mol. The van der Waals surface area contributed by atoms with Gasteiger partial charge in [0, 0.05) is 19.0 Å². The predicted molar refractivity (Wildman–Crippen MR) is 92.7 cm³/mol. The van der Waals surface area contributed by atoms with Crippen molar-refractivity contribution < 1.29 is 27.8 Å². The van der Waals surface area contributed by atoms with Crippen LogP contribution < -0.4 is 4.74 Å². The lowest BCUT2D eigenvalue weighted by molar-refractivity contribution is -0.258. The lowest BCUT2D eigenvalue weighted by Gasteiger charge is -2.34. The molecule has 0 saturated heterocycles. The van der Waals surface area contributed by atoms with Crippen molar-refractivity contribution in [3.8, 4) is 5.75 Å². The molecule has 1 amide bonds. The number of aromatic nitrogens is 2. The topological polar surface area (TPSA) is 67.6 Å². The summed E-state index contributed by atoms with van der Waals surface area (Å²) >= 11 is 0. The van der Waals surface area contributed by atoms with Gasteiger partial charge in [0.25, 0.3) is 5.91 Å². The molecule has 4 rings (SSSR count). The Labute approximate surface area is 159 Å². The summed E-state index contributed by atoms with van der Waals surface area (Å²) in [6, 6.07) is 10.2. The van der Waals surface area contributed by atoms with Crippen molar-refractivity contribution in [3.63, 3.8) is 0 Å². The monoisotopic (exact) mass is 395 g/mol. The van der Waals surface area contributed by atoms with E-state index in [9.17, 15) is 23.1 Å². The molecule has 2 aromatic rings. The van der Waals surface area contributed by atoms with E-state index in [0.717, 1.165) is 0 Å². The molecule has 150 valence electrons. The molecule has 2 heterocycles. The highest BCUT2D eigenvalue weighted by Crippen LogP contribution is 2.44. The number of aliphatic hydroxyl groups is 1. The molecule has 2 atom stereocenters. The first-order valence-corrected chi connectivity index (χ1v) is 9.11. The zero-order valence-electron chi connectivity index (χ0n) is 15.0. The summed E-state index contributed by atoms with van der Waals surface area (Å²) in [5, 5.41) is 14.3.